The Bertz CT molecular complexity index is 1520. The second kappa shape index (κ2) is 10.9. The molecule has 0 atom stereocenters. The predicted molar refractivity (Wildman–Crippen MR) is 137 cm³/mol. The van der Waals surface area contributed by atoms with Crippen LogP contribution in [-0.4, -0.2) is 74.6 Å². The fraction of sp³-hybridized carbons (Fsp3) is 0.296. The summed E-state index contributed by atoms with van der Waals surface area (Å²) in [5.74, 6) is -5.36. The average Bonchev–Trinajstić information content (AvgIpc) is 3.47. The number of fused-ring (bicyclic) bond motifs is 2. The van der Waals surface area contributed by atoms with Crippen molar-refractivity contribution in [2.24, 2.45) is 0 Å². The van der Waals surface area contributed by atoms with E-state index in [1.54, 1.807) is 30.6 Å². The lowest BCUT2D eigenvalue weighted by Gasteiger charge is -2.35. The number of carboxylic acids is 1. The topological polar surface area (TPSA) is 119 Å². The first-order valence-electron chi connectivity index (χ1n) is 12.2. The van der Waals surface area contributed by atoms with Gasteiger partial charge in [-0.25, -0.2) is 27.2 Å². The summed E-state index contributed by atoms with van der Waals surface area (Å²) in [6.07, 6.45) is -0.402. The monoisotopic (exact) mass is 562 g/mol. The van der Waals surface area contributed by atoms with Gasteiger partial charge in [-0.15, -0.1) is 0 Å². The van der Waals surface area contributed by atoms with Crippen LogP contribution in [-0.2, 0) is 4.74 Å². The van der Waals surface area contributed by atoms with E-state index in [1.807, 2.05) is 0 Å². The molecule has 2 amide bonds. The van der Waals surface area contributed by atoms with Crippen LogP contribution in [0, 0.1) is 23.3 Å². The van der Waals surface area contributed by atoms with Gasteiger partial charge >= 0.3 is 12.1 Å². The van der Waals surface area contributed by atoms with Crippen molar-refractivity contribution in [1.82, 2.24) is 19.8 Å². The number of aromatic carboxylic acids is 1. The SMILES string of the molecule is CC(C)(C)OC(=O)N1CCN(C(=O)c2cc3cc(F)c(F)cc3[nH]2)CC1.O=C(O)c1cc2cc(F)c(F)cc2[nH]1. The van der Waals surface area contributed by atoms with E-state index in [-0.39, 0.29) is 22.8 Å². The van der Waals surface area contributed by atoms with Crippen LogP contribution >= 0.6 is 0 Å². The highest BCUT2D eigenvalue weighted by Crippen LogP contribution is 2.21. The molecule has 40 heavy (non-hydrogen) atoms. The van der Waals surface area contributed by atoms with E-state index in [4.69, 9.17) is 9.84 Å². The summed E-state index contributed by atoms with van der Waals surface area (Å²) in [6.45, 7) is 6.84. The molecule has 3 N–H and O–H groups in total. The number of hydrogen-bond donors (Lipinski definition) is 3. The average molecular weight is 563 g/mol. The quantitative estimate of drug-likeness (QED) is 0.287. The lowest BCUT2D eigenvalue weighted by Crippen LogP contribution is -2.51. The molecule has 2 aromatic heterocycles. The molecule has 2 aromatic carbocycles. The van der Waals surface area contributed by atoms with Gasteiger partial charge in [-0.05, 0) is 45.0 Å². The van der Waals surface area contributed by atoms with Gasteiger partial charge in [0, 0.05) is 60.1 Å². The predicted octanol–water partition coefficient (Wildman–Crippen LogP) is 5.28. The molecular weight excluding hydrogens is 536 g/mol. The molecule has 0 unspecified atom stereocenters. The number of nitrogens with zero attached hydrogens (tertiary/aromatic N) is 2. The van der Waals surface area contributed by atoms with E-state index in [0.29, 0.717) is 42.5 Å². The molecule has 5 rings (SSSR count). The van der Waals surface area contributed by atoms with Crippen LogP contribution in [0.15, 0.2) is 36.4 Å². The van der Waals surface area contributed by atoms with E-state index in [9.17, 15) is 31.9 Å². The summed E-state index contributed by atoms with van der Waals surface area (Å²) < 4.78 is 57.4. The minimum Gasteiger partial charge on any atom is -0.477 e. The molecule has 1 saturated heterocycles. The van der Waals surface area contributed by atoms with Crippen molar-refractivity contribution in [3.63, 3.8) is 0 Å². The van der Waals surface area contributed by atoms with Gasteiger partial charge in [-0.2, -0.15) is 0 Å². The van der Waals surface area contributed by atoms with Gasteiger partial charge in [0.05, 0.1) is 0 Å². The van der Waals surface area contributed by atoms with Crippen LogP contribution in [0.2, 0.25) is 0 Å². The fourth-order valence-corrected chi connectivity index (χ4v) is 4.07. The number of rotatable bonds is 2. The summed E-state index contributed by atoms with van der Waals surface area (Å²) in [7, 11) is 0. The van der Waals surface area contributed by atoms with Crippen molar-refractivity contribution in [3.8, 4) is 0 Å². The Morgan fingerprint density at radius 1 is 0.725 bits per heavy atom. The van der Waals surface area contributed by atoms with E-state index in [0.717, 1.165) is 24.3 Å². The number of carbonyl (C=O) groups is 3. The van der Waals surface area contributed by atoms with Gasteiger partial charge in [0.2, 0.25) is 0 Å². The number of halogens is 4. The van der Waals surface area contributed by atoms with Crippen LogP contribution in [0.1, 0.15) is 41.7 Å². The van der Waals surface area contributed by atoms with Gasteiger partial charge in [-0.3, -0.25) is 4.79 Å². The van der Waals surface area contributed by atoms with Gasteiger partial charge < -0.3 is 29.6 Å². The van der Waals surface area contributed by atoms with Gasteiger partial charge in [0.1, 0.15) is 17.0 Å². The molecule has 4 aromatic rings. The number of piperazine rings is 1. The number of benzene rings is 2. The zero-order chi connectivity index (χ0) is 29.4. The first-order valence-corrected chi connectivity index (χ1v) is 12.2. The van der Waals surface area contributed by atoms with Crippen molar-refractivity contribution in [2.45, 2.75) is 26.4 Å². The number of nitrogens with one attached hydrogen (secondary N) is 2. The van der Waals surface area contributed by atoms with Crippen molar-refractivity contribution >= 4 is 39.8 Å². The maximum absolute atomic E-state index is 13.3. The fourth-order valence-electron chi connectivity index (χ4n) is 4.07. The highest BCUT2D eigenvalue weighted by molar-refractivity contribution is 5.98. The van der Waals surface area contributed by atoms with Gasteiger partial charge in [0.15, 0.2) is 23.3 Å². The third kappa shape index (κ3) is 6.35. The minimum atomic E-state index is -1.16. The molecule has 1 fully saturated rings. The van der Waals surface area contributed by atoms with Crippen molar-refractivity contribution in [1.29, 1.82) is 0 Å². The molecule has 9 nitrogen and oxygen atoms in total. The summed E-state index contributed by atoms with van der Waals surface area (Å²) >= 11 is 0. The first kappa shape index (κ1) is 28.5. The summed E-state index contributed by atoms with van der Waals surface area (Å²) in [4.78, 5) is 43.6. The Labute approximate surface area is 225 Å². The molecule has 0 bridgehead atoms. The summed E-state index contributed by atoms with van der Waals surface area (Å²) in [5, 5.41) is 9.37. The lowest BCUT2D eigenvalue weighted by molar-refractivity contribution is 0.0140. The Morgan fingerprint density at radius 3 is 1.62 bits per heavy atom. The molecule has 0 aliphatic carbocycles. The second-order valence-electron chi connectivity index (χ2n) is 10.1. The minimum absolute atomic E-state index is 0.0926. The molecule has 0 radical (unpaired) electrons. The smallest absolute Gasteiger partial charge is 0.410 e. The number of carboxylic acid groups (broad SMARTS) is 1. The zero-order valence-electron chi connectivity index (χ0n) is 21.8. The zero-order valence-corrected chi connectivity index (χ0v) is 21.8. The Balaban J connectivity index is 0.000000222. The molecule has 0 saturated carbocycles. The summed E-state index contributed by atoms with van der Waals surface area (Å²) in [5.41, 5.74) is 0.223. The number of amides is 2. The number of carbonyl (C=O) groups excluding carboxylic acids is 2. The lowest BCUT2D eigenvalue weighted by atomic mass is 10.2. The molecule has 1 aliphatic rings. The standard InChI is InChI=1S/C18H21F2N3O3.C9H5F2NO2/c1-18(2,3)26-17(25)23-6-4-22(5-7-23)16(24)15-9-11-8-12(19)13(20)10-14(11)21-15;10-5-1-4-2-8(9(13)14)12-7(4)3-6(5)11/h8-10,21H,4-7H2,1-3H3;1-3,12H,(H,13,14). The Kier molecular flexibility index (Phi) is 7.76. The number of aromatic nitrogens is 2. The van der Waals surface area contributed by atoms with Crippen LogP contribution in [0.3, 0.4) is 0 Å². The highest BCUT2D eigenvalue weighted by atomic mass is 19.2. The Morgan fingerprint density at radius 2 is 1.15 bits per heavy atom. The van der Waals surface area contributed by atoms with Crippen molar-refractivity contribution in [3.05, 3.63) is 71.1 Å². The molecular formula is C27H26F4N4O5. The largest absolute Gasteiger partial charge is 0.477 e. The molecule has 1 aliphatic heterocycles. The number of aromatic amines is 2. The normalized spacial score (nSPS) is 13.8. The molecule has 212 valence electrons. The maximum atomic E-state index is 13.3. The van der Waals surface area contributed by atoms with Crippen molar-refractivity contribution < 1.29 is 41.8 Å². The third-order valence-electron chi connectivity index (χ3n) is 6.00. The van der Waals surface area contributed by atoms with Crippen molar-refractivity contribution in [2.75, 3.05) is 26.2 Å². The van der Waals surface area contributed by atoms with E-state index >= 15 is 0 Å². The summed E-state index contributed by atoms with van der Waals surface area (Å²) in [6, 6.07) is 6.71. The number of hydrogen-bond acceptors (Lipinski definition) is 4. The third-order valence-corrected chi connectivity index (χ3v) is 6.00. The second-order valence-corrected chi connectivity index (χ2v) is 10.1. The van der Waals surface area contributed by atoms with E-state index < -0.39 is 40.9 Å². The van der Waals surface area contributed by atoms with Crippen LogP contribution in [0.25, 0.3) is 21.8 Å². The van der Waals surface area contributed by atoms with Gasteiger partial charge in [-0.1, -0.05) is 0 Å². The van der Waals surface area contributed by atoms with Gasteiger partial charge in [0.25, 0.3) is 5.91 Å². The molecule has 0 spiro atoms. The highest BCUT2D eigenvalue weighted by Gasteiger charge is 2.28. The van der Waals surface area contributed by atoms with Crippen LogP contribution in [0.4, 0.5) is 22.4 Å². The molecule has 13 heteroatoms. The number of ether oxygens (including phenoxy) is 1. The maximum Gasteiger partial charge on any atom is 0.410 e. The Hall–Kier alpha value is -4.55. The molecule has 3 heterocycles. The first-order chi connectivity index (χ1) is 18.7. The van der Waals surface area contributed by atoms with Crippen LogP contribution in [0.5, 0.6) is 0 Å². The van der Waals surface area contributed by atoms with Crippen LogP contribution < -0.4 is 0 Å². The van der Waals surface area contributed by atoms with E-state index in [2.05, 4.69) is 9.97 Å². The number of H-pyrrole nitrogens is 2. The van der Waals surface area contributed by atoms with E-state index in [1.165, 1.54) is 12.1 Å².